The van der Waals surface area contributed by atoms with Gasteiger partial charge < -0.3 is 15.3 Å². The Labute approximate surface area is 373 Å². The summed E-state index contributed by atoms with van der Waals surface area (Å²) in [5.41, 5.74) is 0. The maximum Gasteiger partial charge on any atom is 0.327 e. The van der Waals surface area contributed by atoms with E-state index < -0.39 is 17.9 Å². The Bertz CT molecular complexity index is 888. The van der Waals surface area contributed by atoms with Crippen molar-refractivity contribution in [3.05, 3.63) is 36.5 Å². The second-order valence-electron chi connectivity index (χ2n) is 17.2. The van der Waals surface area contributed by atoms with Gasteiger partial charge in [0.1, 0.15) is 0 Å². The number of unbranched alkanes of at least 4 members (excludes halogenated alkanes) is 35. The lowest BCUT2D eigenvalue weighted by Gasteiger charge is -2.02. The van der Waals surface area contributed by atoms with Gasteiger partial charge in [0.2, 0.25) is 0 Å². The SMILES string of the molecule is CCCCCCCCC=CCCCCCCCC(=O)O.CCCCCCCCC=CCCCCCCCC(=O)O.CCCCCCCCCCCCCCCC=CC(=O)O. The van der Waals surface area contributed by atoms with Crippen LogP contribution in [0.1, 0.15) is 290 Å². The molecule has 6 heteroatoms. The molecule has 0 saturated carbocycles. The number of carboxylic acids is 3. The van der Waals surface area contributed by atoms with E-state index in [-0.39, 0.29) is 0 Å². The molecule has 0 unspecified atom stereocenters. The van der Waals surface area contributed by atoms with Crippen molar-refractivity contribution in [1.82, 2.24) is 0 Å². The van der Waals surface area contributed by atoms with Gasteiger partial charge in [-0.05, 0) is 77.0 Å². The first kappa shape index (κ1) is 61.9. The van der Waals surface area contributed by atoms with Crippen molar-refractivity contribution in [1.29, 1.82) is 0 Å². The molecule has 6 nitrogen and oxygen atoms in total. The average molecular weight is 847 g/mol. The van der Waals surface area contributed by atoms with Gasteiger partial charge in [0, 0.05) is 18.9 Å². The summed E-state index contributed by atoms with van der Waals surface area (Å²) in [6.07, 6.45) is 64.0. The fourth-order valence-electron chi connectivity index (χ4n) is 7.16. The van der Waals surface area contributed by atoms with Crippen LogP contribution in [-0.4, -0.2) is 33.2 Å². The second kappa shape index (κ2) is 58.7. The highest BCUT2D eigenvalue weighted by Gasteiger charge is 1.98. The minimum Gasteiger partial charge on any atom is -0.481 e. The van der Waals surface area contributed by atoms with E-state index in [2.05, 4.69) is 45.1 Å². The van der Waals surface area contributed by atoms with Crippen LogP contribution in [0.4, 0.5) is 0 Å². The van der Waals surface area contributed by atoms with E-state index in [1.165, 1.54) is 224 Å². The van der Waals surface area contributed by atoms with Crippen molar-refractivity contribution in [2.45, 2.75) is 290 Å². The van der Waals surface area contributed by atoms with Crippen molar-refractivity contribution in [3.63, 3.8) is 0 Å². The third-order valence-corrected chi connectivity index (χ3v) is 11.0. The summed E-state index contributed by atoms with van der Waals surface area (Å²) in [6.45, 7) is 6.78. The number of aliphatic carboxylic acids is 3. The molecule has 0 aliphatic heterocycles. The summed E-state index contributed by atoms with van der Waals surface area (Å²) >= 11 is 0. The molecule has 354 valence electrons. The molecule has 0 aromatic carbocycles. The van der Waals surface area contributed by atoms with Crippen LogP contribution in [0.25, 0.3) is 0 Å². The lowest BCUT2D eigenvalue weighted by atomic mass is 10.0. The van der Waals surface area contributed by atoms with Gasteiger partial charge in [0.05, 0.1) is 0 Å². The van der Waals surface area contributed by atoms with Crippen LogP contribution in [0.5, 0.6) is 0 Å². The molecule has 0 aliphatic rings. The number of hydrogen-bond donors (Lipinski definition) is 3. The average Bonchev–Trinajstić information content (AvgIpc) is 3.22. The highest BCUT2D eigenvalue weighted by Crippen LogP contribution is 2.14. The van der Waals surface area contributed by atoms with E-state index in [1.807, 2.05) is 0 Å². The number of carbonyl (C=O) groups is 3. The fourth-order valence-corrected chi connectivity index (χ4v) is 7.16. The minimum absolute atomic E-state index is 0.332. The summed E-state index contributed by atoms with van der Waals surface area (Å²) in [5, 5.41) is 25.4. The van der Waals surface area contributed by atoms with E-state index in [9.17, 15) is 14.4 Å². The summed E-state index contributed by atoms with van der Waals surface area (Å²) in [5.74, 6) is -2.16. The lowest BCUT2D eigenvalue weighted by Crippen LogP contribution is -1.93. The zero-order chi connectivity index (χ0) is 44.7. The van der Waals surface area contributed by atoms with Crippen LogP contribution in [-0.2, 0) is 14.4 Å². The first-order chi connectivity index (χ1) is 29.3. The molecule has 0 radical (unpaired) electrons. The van der Waals surface area contributed by atoms with Gasteiger partial charge in [-0.2, -0.15) is 0 Å². The van der Waals surface area contributed by atoms with Crippen molar-refractivity contribution < 1.29 is 29.7 Å². The zero-order valence-electron chi connectivity index (χ0n) is 40.2. The first-order valence-corrected chi connectivity index (χ1v) is 25.9. The molecule has 0 heterocycles. The van der Waals surface area contributed by atoms with E-state index in [0.29, 0.717) is 12.8 Å². The van der Waals surface area contributed by atoms with Crippen LogP contribution < -0.4 is 0 Å². The molecular formula is C54H102O6. The van der Waals surface area contributed by atoms with Crippen molar-refractivity contribution in [2.24, 2.45) is 0 Å². The molecule has 0 atom stereocenters. The standard InChI is InChI=1S/3C18H34O2/c3*1-2-3-4-5-6-7-8-9-10-11-12-13-14-15-16-17-18(19)20/h16-17H,2-15H2,1H3,(H,19,20);2*9-10H,2-8,11-17H2,1H3,(H,19,20). The highest BCUT2D eigenvalue weighted by atomic mass is 16.4. The molecule has 3 N–H and O–H groups in total. The zero-order valence-corrected chi connectivity index (χ0v) is 40.2. The van der Waals surface area contributed by atoms with Crippen LogP contribution in [0, 0.1) is 0 Å². The Hall–Kier alpha value is -2.37. The third kappa shape index (κ3) is 70.2. The predicted molar refractivity (Wildman–Crippen MR) is 261 cm³/mol. The molecule has 0 aliphatic carbocycles. The molecule has 0 rings (SSSR count). The number of carboxylic acid groups (broad SMARTS) is 3. The number of rotatable bonds is 45. The Morgan fingerprint density at radius 3 is 0.700 bits per heavy atom. The van der Waals surface area contributed by atoms with Gasteiger partial charge >= 0.3 is 17.9 Å². The molecule has 0 aromatic rings. The van der Waals surface area contributed by atoms with Gasteiger partial charge in [-0.1, -0.05) is 231 Å². The maximum atomic E-state index is 10.3. The summed E-state index contributed by atoms with van der Waals surface area (Å²) in [4.78, 5) is 30.9. The first-order valence-electron chi connectivity index (χ1n) is 25.9. The second-order valence-corrected chi connectivity index (χ2v) is 17.2. The third-order valence-electron chi connectivity index (χ3n) is 11.0. The monoisotopic (exact) mass is 847 g/mol. The summed E-state index contributed by atoms with van der Waals surface area (Å²) < 4.78 is 0. The molecule has 0 aromatic heterocycles. The molecule has 0 spiro atoms. The Kier molecular flexibility index (Phi) is 60.6. The van der Waals surface area contributed by atoms with Gasteiger partial charge in [-0.3, -0.25) is 9.59 Å². The normalized spacial score (nSPS) is 11.2. The molecule has 60 heavy (non-hydrogen) atoms. The molecule has 0 fully saturated rings. The molecule has 0 saturated heterocycles. The smallest absolute Gasteiger partial charge is 0.327 e. The van der Waals surface area contributed by atoms with E-state index in [4.69, 9.17) is 15.3 Å². The van der Waals surface area contributed by atoms with Crippen LogP contribution in [0.2, 0.25) is 0 Å². The lowest BCUT2D eigenvalue weighted by molar-refractivity contribution is -0.138. The Morgan fingerprint density at radius 2 is 0.483 bits per heavy atom. The number of hydrogen-bond acceptors (Lipinski definition) is 3. The number of allylic oxidation sites excluding steroid dienone is 5. The maximum absolute atomic E-state index is 10.3. The van der Waals surface area contributed by atoms with E-state index in [1.54, 1.807) is 6.08 Å². The Morgan fingerprint density at radius 1 is 0.283 bits per heavy atom. The van der Waals surface area contributed by atoms with Crippen LogP contribution >= 0.6 is 0 Å². The van der Waals surface area contributed by atoms with E-state index >= 15 is 0 Å². The molecule has 0 amide bonds. The predicted octanol–water partition coefficient (Wildman–Crippen LogP) is 18.3. The van der Waals surface area contributed by atoms with Gasteiger partial charge in [-0.25, -0.2) is 4.79 Å². The Balaban J connectivity index is -0.000000812. The fraction of sp³-hybridized carbons (Fsp3) is 0.833. The summed E-state index contributed by atoms with van der Waals surface area (Å²) in [6, 6.07) is 0. The van der Waals surface area contributed by atoms with Crippen molar-refractivity contribution >= 4 is 17.9 Å². The van der Waals surface area contributed by atoms with Gasteiger partial charge in [0.25, 0.3) is 0 Å². The van der Waals surface area contributed by atoms with Crippen LogP contribution in [0.3, 0.4) is 0 Å². The van der Waals surface area contributed by atoms with Crippen molar-refractivity contribution in [2.75, 3.05) is 0 Å². The molecular weight excluding hydrogens is 745 g/mol. The highest BCUT2D eigenvalue weighted by molar-refractivity contribution is 5.79. The minimum atomic E-state index is -0.834. The van der Waals surface area contributed by atoms with E-state index in [0.717, 1.165) is 38.5 Å². The van der Waals surface area contributed by atoms with Gasteiger partial charge in [0.15, 0.2) is 0 Å². The summed E-state index contributed by atoms with van der Waals surface area (Å²) in [7, 11) is 0. The molecule has 0 bridgehead atoms. The van der Waals surface area contributed by atoms with Gasteiger partial charge in [-0.15, -0.1) is 0 Å². The largest absolute Gasteiger partial charge is 0.481 e. The topological polar surface area (TPSA) is 112 Å². The quantitative estimate of drug-likeness (QED) is 0.0320. The van der Waals surface area contributed by atoms with Crippen molar-refractivity contribution in [3.8, 4) is 0 Å². The van der Waals surface area contributed by atoms with Crippen LogP contribution in [0.15, 0.2) is 36.5 Å².